The van der Waals surface area contributed by atoms with E-state index in [2.05, 4.69) is 51.1 Å². The van der Waals surface area contributed by atoms with Gasteiger partial charge in [0.25, 0.3) is 0 Å². The van der Waals surface area contributed by atoms with Crippen LogP contribution in [0.25, 0.3) is 54.4 Å². The zero-order valence-corrected chi connectivity index (χ0v) is 32.1. The molecule has 11 nitrogen and oxygen atoms in total. The van der Waals surface area contributed by atoms with Crippen molar-refractivity contribution in [1.82, 2.24) is 9.97 Å². The number of carbonyl (C=O) groups excluding carboxylic acids is 1. The molecule has 7 aromatic carbocycles. The van der Waals surface area contributed by atoms with Crippen LogP contribution in [0.1, 0.15) is 27.0 Å². The number of carbonyl (C=O) groups is 1. The minimum Gasteiger partial charge on any atom is -0.397 e. The molecule has 11 heteroatoms. The summed E-state index contributed by atoms with van der Waals surface area (Å²) in [5.74, 6) is 0.786. The summed E-state index contributed by atoms with van der Waals surface area (Å²) in [6.45, 7) is 13.7. The molecule has 60 heavy (non-hydrogen) atoms. The smallest absolute Gasteiger partial charge is 0.187 e. The van der Waals surface area contributed by atoms with Crippen molar-refractivity contribution in [1.29, 1.82) is 5.26 Å². The Hall–Kier alpha value is -8.98. The molecular weight excluding hydrogens is 745 g/mol. The van der Waals surface area contributed by atoms with E-state index in [0.29, 0.717) is 45.3 Å². The Balaban J connectivity index is 0.000000172. The molecule has 1 aromatic heterocycles. The molecule has 0 spiro atoms. The quantitative estimate of drug-likeness (QED) is 0.0651. The van der Waals surface area contributed by atoms with Crippen molar-refractivity contribution in [3.8, 4) is 39.7 Å². The van der Waals surface area contributed by atoms with Crippen molar-refractivity contribution < 1.29 is 4.79 Å². The first-order valence-corrected chi connectivity index (χ1v) is 18.6. The Morgan fingerprint density at radius 3 is 1.68 bits per heavy atom. The lowest BCUT2D eigenvalue weighted by Crippen LogP contribution is -1.99. The van der Waals surface area contributed by atoms with E-state index < -0.39 is 0 Å². The van der Waals surface area contributed by atoms with Crippen LogP contribution < -0.4 is 22.9 Å². The number of imidazole rings is 1. The number of nitrogens with two attached hydrogens (primary N) is 4. The van der Waals surface area contributed by atoms with Gasteiger partial charge in [-0.2, -0.15) is 5.26 Å². The number of aliphatic imine (C=N–C) groups is 1. The highest BCUT2D eigenvalue weighted by Gasteiger charge is 2.17. The van der Waals surface area contributed by atoms with Crippen molar-refractivity contribution in [3.63, 3.8) is 0 Å². The third-order valence-corrected chi connectivity index (χ3v) is 9.80. The average Bonchev–Trinajstić information content (AvgIpc) is 3.93. The summed E-state index contributed by atoms with van der Waals surface area (Å²) in [5, 5.41) is 9.02. The molecule has 288 valence electrons. The second-order valence-corrected chi connectivity index (χ2v) is 13.8. The lowest BCUT2D eigenvalue weighted by molar-refractivity contribution is 0.112. The first kappa shape index (κ1) is 39.3. The Morgan fingerprint density at radius 1 is 0.600 bits per heavy atom. The number of nitrogens with zero attached hydrogens (tertiary/aromatic N) is 5. The highest BCUT2D eigenvalue weighted by molar-refractivity contribution is 6.07. The van der Waals surface area contributed by atoms with Gasteiger partial charge in [0.15, 0.2) is 11.4 Å². The molecule has 0 amide bonds. The molecule has 1 aliphatic heterocycles. The topological polar surface area (TPSA) is 195 Å². The van der Waals surface area contributed by atoms with Crippen LogP contribution in [0.3, 0.4) is 0 Å². The number of hydrogen-bond acceptors (Lipinski definition) is 8. The van der Waals surface area contributed by atoms with Gasteiger partial charge in [0.2, 0.25) is 0 Å². The SMILES string of the molecule is Nc1ccc(-c2ccc(N)c(N)c2)cc1N.[C-]#[N+]c1ccc(-c2nc3ccc(-c4ccc5c(c4)N=C(c4ccc(C#N)cc4)C5)cc3[nH]2)cc1.[C-]#[N+]c1ccc(C=O)cc1. The number of aromatic amines is 1. The van der Waals surface area contributed by atoms with Crippen LogP contribution >= 0.6 is 0 Å². The second-order valence-electron chi connectivity index (χ2n) is 13.8. The third kappa shape index (κ3) is 8.85. The molecule has 0 fully saturated rings. The van der Waals surface area contributed by atoms with Crippen molar-refractivity contribution in [2.75, 3.05) is 22.9 Å². The second kappa shape index (κ2) is 17.4. The van der Waals surface area contributed by atoms with Crippen molar-refractivity contribution >= 4 is 62.8 Å². The number of aromatic nitrogens is 2. The zero-order valence-electron chi connectivity index (χ0n) is 32.1. The molecule has 0 radical (unpaired) electrons. The maximum atomic E-state index is 10.1. The number of rotatable bonds is 5. The van der Waals surface area contributed by atoms with Crippen LogP contribution in [-0.4, -0.2) is 22.0 Å². The molecule has 0 saturated carbocycles. The molecule has 1 aliphatic rings. The highest BCUT2D eigenvalue weighted by atomic mass is 16.1. The van der Waals surface area contributed by atoms with Gasteiger partial charge in [-0.3, -0.25) is 9.79 Å². The first-order chi connectivity index (χ1) is 29.1. The number of benzene rings is 7. The van der Waals surface area contributed by atoms with Crippen LogP contribution in [0, 0.1) is 24.5 Å². The Bertz CT molecular complexity index is 2990. The van der Waals surface area contributed by atoms with Gasteiger partial charge in [-0.1, -0.05) is 91.0 Å². The number of fused-ring (bicyclic) bond motifs is 2. The van der Waals surface area contributed by atoms with E-state index in [9.17, 15) is 4.79 Å². The normalized spacial score (nSPS) is 11.0. The number of nitrogens with one attached hydrogen (secondary N) is 1. The van der Waals surface area contributed by atoms with Gasteiger partial charge in [-0.25, -0.2) is 14.7 Å². The largest absolute Gasteiger partial charge is 0.397 e. The van der Waals surface area contributed by atoms with Gasteiger partial charge in [0.1, 0.15) is 12.1 Å². The zero-order chi connectivity index (χ0) is 42.2. The van der Waals surface area contributed by atoms with E-state index in [4.69, 9.17) is 51.3 Å². The van der Waals surface area contributed by atoms with Gasteiger partial charge in [-0.05, 0) is 88.0 Å². The van der Waals surface area contributed by atoms with Gasteiger partial charge < -0.3 is 27.9 Å². The standard InChI is InChI=1S/C29H17N5.C12H14N4.C8H5NO/c1-31-24-11-8-20(9-12-24)29-33-25-13-10-22(15-28(25)34-29)21-6-7-23-16-26(32-27(23)14-21)19-4-2-18(17-30)3-5-19;13-9-3-1-7(5-11(9)15)8-2-4-10(14)12(16)6-8;1-9-8-4-2-7(6-10)3-5-8/h2-15H,16H2,(H,33,34);1-6H,13-16H2;2-6H. The molecule has 0 saturated heterocycles. The van der Waals surface area contributed by atoms with Crippen LogP contribution in [0.2, 0.25) is 0 Å². The van der Waals surface area contributed by atoms with E-state index in [0.717, 1.165) is 74.3 Å². The maximum Gasteiger partial charge on any atom is 0.187 e. The van der Waals surface area contributed by atoms with Gasteiger partial charge in [0.05, 0.1) is 70.0 Å². The summed E-state index contributed by atoms with van der Waals surface area (Å²) >= 11 is 0. The van der Waals surface area contributed by atoms with E-state index in [1.165, 1.54) is 5.56 Å². The number of hydrogen-bond donors (Lipinski definition) is 5. The molecule has 9 rings (SSSR count). The lowest BCUT2D eigenvalue weighted by Gasteiger charge is -2.07. The third-order valence-electron chi connectivity index (χ3n) is 9.80. The molecule has 2 heterocycles. The van der Waals surface area contributed by atoms with Crippen LogP contribution in [0.15, 0.2) is 151 Å². The summed E-state index contributed by atoms with van der Waals surface area (Å²) < 4.78 is 0. The predicted molar refractivity (Wildman–Crippen MR) is 242 cm³/mol. The lowest BCUT2D eigenvalue weighted by atomic mass is 10.00. The molecule has 0 aliphatic carbocycles. The number of aldehydes is 1. The Labute approximate surface area is 346 Å². The number of nitrogen functional groups attached to an aromatic ring is 4. The van der Waals surface area contributed by atoms with E-state index in [1.54, 1.807) is 48.5 Å². The van der Waals surface area contributed by atoms with Crippen LogP contribution in [0.4, 0.5) is 39.8 Å². The predicted octanol–water partition coefficient (Wildman–Crippen LogP) is 10.7. The molecule has 0 bridgehead atoms. The fraction of sp³-hybridized carbons (Fsp3) is 0.0204. The molecular formula is C49H36N10O. The minimum atomic E-state index is 0.561. The summed E-state index contributed by atoms with van der Waals surface area (Å²) in [6.07, 6.45) is 1.55. The van der Waals surface area contributed by atoms with Crippen molar-refractivity contribution in [2.45, 2.75) is 6.42 Å². The summed E-state index contributed by atoms with van der Waals surface area (Å²) in [7, 11) is 0. The molecule has 8 aromatic rings. The first-order valence-electron chi connectivity index (χ1n) is 18.6. The van der Waals surface area contributed by atoms with Crippen molar-refractivity contribution in [2.24, 2.45) is 4.99 Å². The molecule has 0 unspecified atom stereocenters. The number of H-pyrrole nitrogens is 1. The summed E-state index contributed by atoms with van der Waals surface area (Å²) in [4.78, 5) is 29.8. The van der Waals surface area contributed by atoms with E-state index in [-0.39, 0.29) is 0 Å². The fourth-order valence-electron chi connectivity index (χ4n) is 6.42. The van der Waals surface area contributed by atoms with Crippen LogP contribution in [-0.2, 0) is 6.42 Å². The van der Waals surface area contributed by atoms with E-state index >= 15 is 0 Å². The maximum absolute atomic E-state index is 10.1. The van der Waals surface area contributed by atoms with Gasteiger partial charge >= 0.3 is 0 Å². The Kier molecular flexibility index (Phi) is 11.4. The summed E-state index contributed by atoms with van der Waals surface area (Å²) in [6, 6.07) is 47.3. The Morgan fingerprint density at radius 2 is 1.12 bits per heavy atom. The van der Waals surface area contributed by atoms with Gasteiger partial charge in [0, 0.05) is 17.5 Å². The molecule has 9 N–H and O–H groups in total. The number of nitriles is 1. The summed E-state index contributed by atoms with van der Waals surface area (Å²) in [5.41, 5.74) is 38.7. The highest BCUT2D eigenvalue weighted by Crippen LogP contribution is 2.35. The monoisotopic (exact) mass is 780 g/mol. The van der Waals surface area contributed by atoms with Gasteiger partial charge in [-0.15, -0.1) is 0 Å². The minimum absolute atomic E-state index is 0.561. The average molecular weight is 781 g/mol. The van der Waals surface area contributed by atoms with E-state index in [1.807, 2.05) is 66.7 Å². The number of anilines is 4. The van der Waals surface area contributed by atoms with Crippen LogP contribution in [0.5, 0.6) is 0 Å². The van der Waals surface area contributed by atoms with Crippen molar-refractivity contribution in [3.05, 3.63) is 191 Å². The fourth-order valence-corrected chi connectivity index (χ4v) is 6.42. The molecule has 0 atom stereocenters.